The van der Waals surface area contributed by atoms with Crippen LogP contribution in [0.3, 0.4) is 0 Å². The Kier molecular flexibility index (Phi) is 6.12. The SMILES string of the molecule is c1ccc(N(c2ccc(-c3cccc4ccc5ccc6ccccc6c5c34)cc2)c2cc3sc4ccccc4c3c3ccccc23)cc1. The molecule has 0 unspecified atom stereocenters. The quantitative estimate of drug-likeness (QED) is 0.176. The maximum absolute atomic E-state index is 2.42. The number of hydrogen-bond acceptors (Lipinski definition) is 2. The smallest absolute Gasteiger partial charge is 0.0554 e. The molecule has 2 heteroatoms. The van der Waals surface area contributed by atoms with Gasteiger partial charge in [0.1, 0.15) is 0 Å². The van der Waals surface area contributed by atoms with Gasteiger partial charge in [-0.25, -0.2) is 0 Å². The Labute approximate surface area is 282 Å². The van der Waals surface area contributed by atoms with Gasteiger partial charge in [0.25, 0.3) is 0 Å². The summed E-state index contributed by atoms with van der Waals surface area (Å²) in [6, 6.07) is 64.4. The van der Waals surface area contributed by atoms with Crippen LogP contribution in [0.5, 0.6) is 0 Å². The molecule has 224 valence electrons. The molecule has 48 heavy (non-hydrogen) atoms. The summed E-state index contributed by atoms with van der Waals surface area (Å²) in [5.41, 5.74) is 5.92. The molecule has 0 aliphatic carbocycles. The second-order valence-electron chi connectivity index (χ2n) is 12.5. The summed E-state index contributed by atoms with van der Waals surface area (Å²) in [5.74, 6) is 0. The van der Waals surface area contributed by atoms with Crippen molar-refractivity contribution in [1.82, 2.24) is 0 Å². The highest BCUT2D eigenvalue weighted by Crippen LogP contribution is 2.47. The Morgan fingerprint density at radius 1 is 0.354 bits per heavy atom. The molecule has 0 radical (unpaired) electrons. The van der Waals surface area contributed by atoms with E-state index in [1.54, 1.807) is 0 Å². The van der Waals surface area contributed by atoms with Crippen LogP contribution in [0.4, 0.5) is 17.1 Å². The van der Waals surface area contributed by atoms with Crippen molar-refractivity contribution in [3.05, 3.63) is 176 Å². The summed E-state index contributed by atoms with van der Waals surface area (Å²) in [6.07, 6.45) is 0. The lowest BCUT2D eigenvalue weighted by Crippen LogP contribution is -2.10. The molecule has 1 nitrogen and oxygen atoms in total. The van der Waals surface area contributed by atoms with Gasteiger partial charge in [0, 0.05) is 36.9 Å². The van der Waals surface area contributed by atoms with Crippen LogP contribution in [0.2, 0.25) is 0 Å². The Bertz CT molecular complexity index is 2820. The Hall–Kier alpha value is -5.96. The molecule has 1 heterocycles. The van der Waals surface area contributed by atoms with E-state index in [-0.39, 0.29) is 0 Å². The van der Waals surface area contributed by atoms with Crippen molar-refractivity contribution in [3.8, 4) is 11.1 Å². The molecule has 0 atom stereocenters. The lowest BCUT2D eigenvalue weighted by Gasteiger charge is -2.27. The summed E-state index contributed by atoms with van der Waals surface area (Å²) in [6.45, 7) is 0. The normalized spacial score (nSPS) is 11.8. The Morgan fingerprint density at radius 2 is 0.958 bits per heavy atom. The van der Waals surface area contributed by atoms with Crippen molar-refractivity contribution in [2.45, 2.75) is 0 Å². The third-order valence-electron chi connectivity index (χ3n) is 9.81. The maximum Gasteiger partial charge on any atom is 0.0554 e. The zero-order valence-corrected chi connectivity index (χ0v) is 26.9. The molecule has 10 aromatic rings. The monoisotopic (exact) mass is 627 g/mol. The van der Waals surface area contributed by atoms with E-state index in [0.717, 1.165) is 11.4 Å². The first-order valence-corrected chi connectivity index (χ1v) is 17.3. The van der Waals surface area contributed by atoms with E-state index in [9.17, 15) is 0 Å². The van der Waals surface area contributed by atoms with E-state index < -0.39 is 0 Å². The Morgan fingerprint density at radius 3 is 1.77 bits per heavy atom. The molecule has 0 aliphatic rings. The zero-order valence-electron chi connectivity index (χ0n) is 26.1. The van der Waals surface area contributed by atoms with Crippen molar-refractivity contribution < 1.29 is 0 Å². The van der Waals surface area contributed by atoms with E-state index in [2.05, 4.69) is 181 Å². The highest BCUT2D eigenvalue weighted by atomic mass is 32.1. The minimum atomic E-state index is 1.13. The van der Waals surface area contributed by atoms with Gasteiger partial charge in [0.15, 0.2) is 0 Å². The van der Waals surface area contributed by atoms with Gasteiger partial charge in [-0.2, -0.15) is 0 Å². The molecule has 0 bridgehead atoms. The second kappa shape index (κ2) is 10.8. The van der Waals surface area contributed by atoms with Crippen LogP contribution < -0.4 is 4.90 Å². The fourth-order valence-electron chi connectivity index (χ4n) is 7.66. The third kappa shape index (κ3) is 4.17. The summed E-state index contributed by atoms with van der Waals surface area (Å²) in [4.78, 5) is 2.42. The molecule has 9 aromatic carbocycles. The number of thiophene rings is 1. The van der Waals surface area contributed by atoms with Gasteiger partial charge in [0.05, 0.1) is 5.69 Å². The number of nitrogens with zero attached hydrogens (tertiary/aromatic N) is 1. The fourth-order valence-corrected chi connectivity index (χ4v) is 8.82. The van der Waals surface area contributed by atoms with Crippen molar-refractivity contribution in [2.24, 2.45) is 0 Å². The number of rotatable bonds is 4. The van der Waals surface area contributed by atoms with Gasteiger partial charge in [-0.1, -0.05) is 140 Å². The van der Waals surface area contributed by atoms with Crippen molar-refractivity contribution >= 4 is 91.7 Å². The molecule has 0 fully saturated rings. The average Bonchev–Trinajstić information content (AvgIpc) is 3.54. The van der Waals surface area contributed by atoms with Gasteiger partial charge in [-0.15, -0.1) is 11.3 Å². The molecule has 0 amide bonds. The third-order valence-corrected chi connectivity index (χ3v) is 10.9. The summed E-state index contributed by atoms with van der Waals surface area (Å²) in [5, 5.41) is 12.9. The van der Waals surface area contributed by atoms with Gasteiger partial charge >= 0.3 is 0 Å². The number of hydrogen-bond donors (Lipinski definition) is 0. The van der Waals surface area contributed by atoms with Gasteiger partial charge in [-0.3, -0.25) is 0 Å². The first-order chi connectivity index (χ1) is 23.8. The summed E-state index contributed by atoms with van der Waals surface area (Å²) in [7, 11) is 0. The minimum Gasteiger partial charge on any atom is -0.310 e. The molecule has 10 rings (SSSR count). The predicted octanol–water partition coefficient (Wildman–Crippen LogP) is 13.8. The zero-order chi connectivity index (χ0) is 31.6. The number of anilines is 3. The fraction of sp³-hybridized carbons (Fsp3) is 0. The van der Waals surface area contributed by atoms with E-state index in [1.165, 1.54) is 80.1 Å². The van der Waals surface area contributed by atoms with E-state index >= 15 is 0 Å². The lowest BCUT2D eigenvalue weighted by molar-refractivity contribution is 1.30. The molecule has 0 saturated carbocycles. The molecule has 0 aliphatic heterocycles. The topological polar surface area (TPSA) is 3.24 Å². The van der Waals surface area contributed by atoms with Crippen molar-refractivity contribution in [1.29, 1.82) is 0 Å². The van der Waals surface area contributed by atoms with Crippen molar-refractivity contribution in [2.75, 3.05) is 4.90 Å². The number of fused-ring (bicyclic) bond motifs is 10. The van der Waals surface area contributed by atoms with Gasteiger partial charge in [0.2, 0.25) is 0 Å². The standard InChI is InChI=1S/C46H29NS/c1-2-13-34(14-3-1)47(41-29-43-46(39-17-7-6-16-38(39)41)40-18-8-9-20-42(40)48-43)35-27-25-31(26-28-35)37-19-10-12-32-23-24-33-22-21-30-11-4-5-15-36(30)45(33)44(32)37/h1-29H. The van der Waals surface area contributed by atoms with Gasteiger partial charge in [-0.05, 0) is 85.2 Å². The molecule has 0 saturated heterocycles. The number of para-hydroxylation sites is 1. The van der Waals surface area contributed by atoms with Crippen LogP contribution in [0.25, 0.3) is 74.4 Å². The van der Waals surface area contributed by atoms with Crippen LogP contribution >= 0.6 is 11.3 Å². The van der Waals surface area contributed by atoms with E-state index in [0.29, 0.717) is 0 Å². The van der Waals surface area contributed by atoms with E-state index in [1.807, 2.05) is 11.3 Å². The minimum absolute atomic E-state index is 1.13. The van der Waals surface area contributed by atoms with Crippen LogP contribution in [-0.4, -0.2) is 0 Å². The molecule has 1 aromatic heterocycles. The van der Waals surface area contributed by atoms with E-state index in [4.69, 9.17) is 0 Å². The largest absolute Gasteiger partial charge is 0.310 e. The Balaban J connectivity index is 1.19. The second-order valence-corrected chi connectivity index (χ2v) is 13.6. The van der Waals surface area contributed by atoms with Crippen LogP contribution in [0, 0.1) is 0 Å². The lowest BCUT2D eigenvalue weighted by atomic mass is 9.91. The molecule has 0 N–H and O–H groups in total. The van der Waals surface area contributed by atoms with Gasteiger partial charge < -0.3 is 4.90 Å². The van der Waals surface area contributed by atoms with Crippen LogP contribution in [0.15, 0.2) is 176 Å². The molecular weight excluding hydrogens is 599 g/mol. The maximum atomic E-state index is 2.42. The first kappa shape index (κ1) is 27.2. The highest BCUT2D eigenvalue weighted by Gasteiger charge is 2.20. The summed E-state index contributed by atoms with van der Waals surface area (Å²) >= 11 is 1.87. The molecule has 0 spiro atoms. The number of benzene rings is 9. The first-order valence-electron chi connectivity index (χ1n) is 16.4. The predicted molar refractivity (Wildman–Crippen MR) is 209 cm³/mol. The van der Waals surface area contributed by atoms with Crippen LogP contribution in [-0.2, 0) is 0 Å². The summed E-state index contributed by atoms with van der Waals surface area (Å²) < 4.78 is 2.62. The highest BCUT2D eigenvalue weighted by molar-refractivity contribution is 7.26. The van der Waals surface area contributed by atoms with Crippen LogP contribution in [0.1, 0.15) is 0 Å². The van der Waals surface area contributed by atoms with Crippen molar-refractivity contribution in [3.63, 3.8) is 0 Å². The molecular formula is C46H29NS. The average molecular weight is 628 g/mol.